The van der Waals surface area contributed by atoms with E-state index in [-0.39, 0.29) is 12.0 Å². The zero-order chi connectivity index (χ0) is 9.26. The van der Waals surface area contributed by atoms with Gasteiger partial charge in [-0.05, 0) is 6.42 Å². The molecule has 0 aromatic carbocycles. The van der Waals surface area contributed by atoms with Crippen molar-refractivity contribution in [2.24, 2.45) is 0 Å². The summed E-state index contributed by atoms with van der Waals surface area (Å²) in [5, 5.41) is 0. The molecule has 1 saturated heterocycles. The van der Waals surface area contributed by atoms with Gasteiger partial charge in [0.15, 0.2) is 0 Å². The summed E-state index contributed by atoms with van der Waals surface area (Å²) < 4.78 is 6.12. The number of hydrogen-bond donors (Lipinski definition) is 0. The molecule has 0 aliphatic carbocycles. The Hall–Kier alpha value is -0.350. The van der Waals surface area contributed by atoms with E-state index in [1.165, 1.54) is 4.48 Å². The fourth-order valence-electron chi connectivity index (χ4n) is 1.81. The third-order valence-electron chi connectivity index (χ3n) is 2.48. The molecule has 2 heterocycles. The second kappa shape index (κ2) is 3.80. The number of esters is 1. The first-order valence-electron chi connectivity index (χ1n) is 4.52. The number of rotatable bonds is 1. The van der Waals surface area contributed by atoms with E-state index in [4.69, 9.17) is 4.74 Å². The Morgan fingerprint density at radius 2 is 2.46 bits per heavy atom. The molecule has 1 fully saturated rings. The van der Waals surface area contributed by atoms with Gasteiger partial charge >= 0.3 is 5.97 Å². The third-order valence-corrected chi connectivity index (χ3v) is 3.06. The van der Waals surface area contributed by atoms with E-state index < -0.39 is 0 Å². The number of carbonyl (C=O) groups is 1. The van der Waals surface area contributed by atoms with Crippen molar-refractivity contribution in [2.75, 3.05) is 19.7 Å². The molecule has 3 nitrogen and oxygen atoms in total. The molecule has 2 aliphatic rings. The third kappa shape index (κ3) is 1.94. The Labute approximate surface area is 85.9 Å². The number of hydrogen-bond acceptors (Lipinski definition) is 3. The Morgan fingerprint density at radius 1 is 1.62 bits per heavy atom. The maximum absolute atomic E-state index is 11.3. The Bertz CT molecular complexity index is 252. The van der Waals surface area contributed by atoms with Gasteiger partial charge in [0.05, 0.1) is 6.61 Å². The van der Waals surface area contributed by atoms with E-state index in [0.717, 1.165) is 25.9 Å². The van der Waals surface area contributed by atoms with Crippen LogP contribution in [0.15, 0.2) is 10.6 Å². The van der Waals surface area contributed by atoms with Crippen LogP contribution in [0.5, 0.6) is 0 Å². The van der Waals surface area contributed by atoms with Crippen molar-refractivity contribution in [2.45, 2.75) is 18.9 Å². The van der Waals surface area contributed by atoms with Crippen LogP contribution in [0.1, 0.15) is 12.8 Å². The lowest BCUT2D eigenvalue weighted by Gasteiger charge is -2.28. The first-order chi connectivity index (χ1) is 6.27. The molecule has 0 saturated carbocycles. The van der Waals surface area contributed by atoms with Crippen LogP contribution in [0.2, 0.25) is 0 Å². The van der Waals surface area contributed by atoms with Gasteiger partial charge < -0.3 is 4.74 Å². The summed E-state index contributed by atoms with van der Waals surface area (Å²) in [6.45, 7) is 2.40. The number of carbonyl (C=O) groups excluding carboxylic acids is 1. The van der Waals surface area contributed by atoms with Gasteiger partial charge in [-0.1, -0.05) is 22.0 Å². The molecule has 0 amide bonds. The van der Waals surface area contributed by atoms with Crippen molar-refractivity contribution in [1.29, 1.82) is 0 Å². The van der Waals surface area contributed by atoms with E-state index in [1.807, 2.05) is 0 Å². The first kappa shape index (κ1) is 9.21. The number of ether oxygens (including phenoxy) is 1. The highest BCUT2D eigenvalue weighted by molar-refractivity contribution is 9.11. The van der Waals surface area contributed by atoms with Crippen LogP contribution in [0.4, 0.5) is 0 Å². The maximum atomic E-state index is 11.3. The van der Waals surface area contributed by atoms with Crippen molar-refractivity contribution < 1.29 is 9.53 Å². The smallest absolute Gasteiger partial charge is 0.323 e. The van der Waals surface area contributed by atoms with Crippen LogP contribution in [0, 0.1) is 0 Å². The molecule has 0 spiro atoms. The van der Waals surface area contributed by atoms with Crippen LogP contribution in [0.3, 0.4) is 0 Å². The summed E-state index contributed by atoms with van der Waals surface area (Å²) in [5.74, 6) is -0.0535. The largest absolute Gasteiger partial charge is 0.464 e. The zero-order valence-corrected chi connectivity index (χ0v) is 8.92. The minimum atomic E-state index is -0.0535. The molecular weight excluding hydrogens is 234 g/mol. The van der Waals surface area contributed by atoms with Gasteiger partial charge in [0.2, 0.25) is 0 Å². The molecule has 0 aromatic heterocycles. The lowest BCUT2D eigenvalue weighted by atomic mass is 10.1. The lowest BCUT2D eigenvalue weighted by molar-refractivity contribution is -0.142. The molecule has 13 heavy (non-hydrogen) atoms. The molecule has 0 bridgehead atoms. The molecule has 4 heteroatoms. The second-order valence-corrected chi connectivity index (χ2v) is 4.40. The standard InChI is InChI=1S/C9H12BrNO2/c10-7-2-1-4-11(6-7)8-3-5-13-9(8)12/h2,8H,1,3-6H2. The quantitative estimate of drug-likeness (QED) is 0.653. The fraction of sp³-hybridized carbons (Fsp3) is 0.667. The van der Waals surface area contributed by atoms with Gasteiger partial charge in [0.25, 0.3) is 0 Å². The van der Waals surface area contributed by atoms with E-state index in [0.29, 0.717) is 6.61 Å². The first-order valence-corrected chi connectivity index (χ1v) is 5.32. The topological polar surface area (TPSA) is 29.5 Å². The van der Waals surface area contributed by atoms with Gasteiger partial charge in [-0.25, -0.2) is 0 Å². The van der Waals surface area contributed by atoms with Crippen molar-refractivity contribution in [1.82, 2.24) is 4.90 Å². The molecule has 1 atom stereocenters. The second-order valence-electron chi connectivity index (χ2n) is 3.38. The molecule has 0 aromatic rings. The van der Waals surface area contributed by atoms with E-state index >= 15 is 0 Å². The predicted octanol–water partition coefficient (Wildman–Crippen LogP) is 1.29. The summed E-state index contributed by atoms with van der Waals surface area (Å²) in [6.07, 6.45) is 4.03. The Morgan fingerprint density at radius 3 is 3.08 bits per heavy atom. The van der Waals surface area contributed by atoms with Crippen LogP contribution >= 0.6 is 15.9 Å². The average molecular weight is 246 g/mol. The van der Waals surface area contributed by atoms with Gasteiger partial charge in [-0.2, -0.15) is 0 Å². The van der Waals surface area contributed by atoms with Crippen molar-refractivity contribution >= 4 is 21.9 Å². The van der Waals surface area contributed by atoms with Crippen molar-refractivity contribution in [3.63, 3.8) is 0 Å². The average Bonchev–Trinajstić information content (AvgIpc) is 2.51. The monoisotopic (exact) mass is 245 g/mol. The predicted molar refractivity (Wildman–Crippen MR) is 52.6 cm³/mol. The SMILES string of the molecule is O=C1OCCC1N1CCC=C(Br)C1. The molecule has 0 N–H and O–H groups in total. The Kier molecular flexibility index (Phi) is 2.69. The number of cyclic esters (lactones) is 1. The van der Waals surface area contributed by atoms with Crippen LogP contribution in [-0.4, -0.2) is 36.6 Å². The normalized spacial score (nSPS) is 30.1. The maximum Gasteiger partial charge on any atom is 0.323 e. The lowest BCUT2D eigenvalue weighted by Crippen LogP contribution is -2.41. The highest BCUT2D eigenvalue weighted by Gasteiger charge is 2.32. The zero-order valence-electron chi connectivity index (χ0n) is 7.33. The minimum absolute atomic E-state index is 0.00116. The van der Waals surface area contributed by atoms with Gasteiger partial charge in [0.1, 0.15) is 6.04 Å². The fourth-order valence-corrected chi connectivity index (χ4v) is 2.36. The molecule has 1 unspecified atom stereocenters. The molecule has 72 valence electrons. The summed E-state index contributed by atoms with van der Waals surface area (Å²) in [4.78, 5) is 13.5. The van der Waals surface area contributed by atoms with Crippen molar-refractivity contribution in [3.05, 3.63) is 10.6 Å². The van der Waals surface area contributed by atoms with Gasteiger partial charge in [-0.15, -0.1) is 0 Å². The minimum Gasteiger partial charge on any atom is -0.464 e. The van der Waals surface area contributed by atoms with Crippen molar-refractivity contribution in [3.8, 4) is 0 Å². The van der Waals surface area contributed by atoms with Crippen LogP contribution < -0.4 is 0 Å². The van der Waals surface area contributed by atoms with Crippen LogP contribution in [-0.2, 0) is 9.53 Å². The molecule has 2 rings (SSSR count). The van der Waals surface area contributed by atoms with Crippen LogP contribution in [0.25, 0.3) is 0 Å². The van der Waals surface area contributed by atoms with Gasteiger partial charge in [0, 0.05) is 24.0 Å². The van der Waals surface area contributed by atoms with E-state index in [1.54, 1.807) is 0 Å². The summed E-state index contributed by atoms with van der Waals surface area (Å²) >= 11 is 3.46. The van der Waals surface area contributed by atoms with Gasteiger partial charge in [-0.3, -0.25) is 9.69 Å². The summed E-state index contributed by atoms with van der Waals surface area (Å²) in [7, 11) is 0. The number of halogens is 1. The van der Waals surface area contributed by atoms with E-state index in [9.17, 15) is 4.79 Å². The Balaban J connectivity index is 2.01. The number of nitrogens with zero attached hydrogens (tertiary/aromatic N) is 1. The summed E-state index contributed by atoms with van der Waals surface area (Å²) in [5.41, 5.74) is 0. The molecule has 2 aliphatic heterocycles. The molecule has 0 radical (unpaired) electrons. The highest BCUT2D eigenvalue weighted by Crippen LogP contribution is 2.21. The summed E-state index contributed by atoms with van der Waals surface area (Å²) in [6, 6.07) is 0.00116. The van der Waals surface area contributed by atoms with E-state index in [2.05, 4.69) is 26.9 Å². The molecular formula is C9H12BrNO2. The highest BCUT2D eigenvalue weighted by atomic mass is 79.9.